The van der Waals surface area contributed by atoms with Gasteiger partial charge in [0.05, 0.1) is 50.6 Å². The van der Waals surface area contributed by atoms with Gasteiger partial charge < -0.3 is 9.13 Å². The molecule has 0 saturated heterocycles. The molecule has 0 amide bonds. The highest BCUT2D eigenvalue weighted by Crippen LogP contribution is 2.43. The molecule has 254 valence electrons. The fourth-order valence-electron chi connectivity index (χ4n) is 8.07. The Bertz CT molecular complexity index is 3110. The van der Waals surface area contributed by atoms with E-state index >= 15 is 8.78 Å². The molecule has 54 heavy (non-hydrogen) atoms. The Kier molecular flexibility index (Phi) is 7.24. The standard InChI is InChI=1S/C49H29F2N3/c50-41-18-11-19-42(51)49(41)38-29-48(54-44-21-10-8-17-37(44)40-27-34(23-25-46(40)54)32-14-5-2-6-15-32)47(28-35(38)30-52)53-43-20-9-7-16-36(43)39-26-33(22-24-45(39)53)31-12-3-1-4-13-31/h1-29H. The summed E-state index contributed by atoms with van der Waals surface area (Å²) in [5.41, 5.74) is 9.63. The first kappa shape index (κ1) is 31.4. The second kappa shape index (κ2) is 12.4. The van der Waals surface area contributed by atoms with Crippen molar-refractivity contribution < 1.29 is 8.78 Å². The van der Waals surface area contributed by atoms with E-state index in [0.717, 1.165) is 65.9 Å². The summed E-state index contributed by atoms with van der Waals surface area (Å²) < 4.78 is 35.6. The number of halogens is 2. The van der Waals surface area contributed by atoms with Crippen LogP contribution < -0.4 is 0 Å². The zero-order valence-electron chi connectivity index (χ0n) is 28.8. The van der Waals surface area contributed by atoms with E-state index in [1.165, 1.54) is 18.2 Å². The Morgan fingerprint density at radius 2 is 0.833 bits per heavy atom. The van der Waals surface area contributed by atoms with E-state index in [1.807, 2.05) is 60.7 Å². The third kappa shape index (κ3) is 4.85. The van der Waals surface area contributed by atoms with E-state index in [0.29, 0.717) is 11.4 Å². The Hall–Kier alpha value is -7.29. The van der Waals surface area contributed by atoms with Gasteiger partial charge in [-0.2, -0.15) is 5.26 Å². The number of benzene rings is 8. The molecule has 10 rings (SSSR count). The topological polar surface area (TPSA) is 33.6 Å². The van der Waals surface area contributed by atoms with Gasteiger partial charge in [-0.15, -0.1) is 0 Å². The van der Waals surface area contributed by atoms with Gasteiger partial charge in [-0.25, -0.2) is 8.78 Å². The largest absolute Gasteiger partial charge is 0.307 e. The average Bonchev–Trinajstić information content (AvgIpc) is 3.73. The van der Waals surface area contributed by atoms with Gasteiger partial charge in [-0.3, -0.25) is 0 Å². The average molecular weight is 698 g/mol. The monoisotopic (exact) mass is 697 g/mol. The van der Waals surface area contributed by atoms with Crippen molar-refractivity contribution >= 4 is 43.6 Å². The third-order valence-electron chi connectivity index (χ3n) is 10.5. The number of fused-ring (bicyclic) bond motifs is 6. The van der Waals surface area contributed by atoms with Crippen molar-refractivity contribution in [2.24, 2.45) is 0 Å². The molecule has 0 atom stereocenters. The zero-order valence-corrected chi connectivity index (χ0v) is 28.8. The fourth-order valence-corrected chi connectivity index (χ4v) is 8.07. The lowest BCUT2D eigenvalue weighted by Gasteiger charge is -2.20. The first-order valence-corrected chi connectivity index (χ1v) is 17.8. The minimum absolute atomic E-state index is 0.164. The van der Waals surface area contributed by atoms with Crippen LogP contribution in [0.5, 0.6) is 0 Å². The van der Waals surface area contributed by atoms with Gasteiger partial charge in [0.15, 0.2) is 0 Å². The van der Waals surface area contributed by atoms with Crippen LogP contribution in [0.25, 0.3) is 88.4 Å². The minimum atomic E-state index is -0.731. The smallest absolute Gasteiger partial charge is 0.134 e. The molecule has 5 heteroatoms. The molecule has 0 fully saturated rings. The van der Waals surface area contributed by atoms with Gasteiger partial charge in [-0.1, -0.05) is 115 Å². The fraction of sp³-hybridized carbons (Fsp3) is 0. The number of aromatic nitrogens is 2. The predicted octanol–water partition coefficient (Wildman–Crippen LogP) is 13.0. The summed E-state index contributed by atoms with van der Waals surface area (Å²) in [5.74, 6) is -1.46. The maximum atomic E-state index is 15.6. The van der Waals surface area contributed by atoms with Gasteiger partial charge in [0.2, 0.25) is 0 Å². The molecule has 0 aliphatic heterocycles. The Morgan fingerprint density at radius 1 is 0.389 bits per heavy atom. The lowest BCUT2D eigenvalue weighted by atomic mass is 9.97. The Balaban J connectivity index is 1.34. The SMILES string of the molecule is N#Cc1cc(-n2c3ccccc3c3cc(-c4ccccc4)ccc32)c(-n2c3ccccc3c3cc(-c4ccccc4)ccc32)cc1-c1c(F)cccc1F. The number of nitrogens with zero attached hydrogens (tertiary/aromatic N) is 3. The van der Waals surface area contributed by atoms with E-state index in [-0.39, 0.29) is 16.7 Å². The second-order valence-electron chi connectivity index (χ2n) is 13.5. The highest BCUT2D eigenvalue weighted by molar-refractivity contribution is 6.13. The summed E-state index contributed by atoms with van der Waals surface area (Å²) in [6.45, 7) is 0. The Morgan fingerprint density at radius 3 is 1.33 bits per heavy atom. The molecule has 2 aromatic heterocycles. The quantitative estimate of drug-likeness (QED) is 0.176. The van der Waals surface area contributed by atoms with Gasteiger partial charge >= 0.3 is 0 Å². The van der Waals surface area contributed by atoms with Crippen LogP contribution in [0, 0.1) is 23.0 Å². The second-order valence-corrected chi connectivity index (χ2v) is 13.5. The van der Waals surface area contributed by atoms with Crippen molar-refractivity contribution in [3.05, 3.63) is 193 Å². The van der Waals surface area contributed by atoms with Crippen LogP contribution in [0.2, 0.25) is 0 Å². The molecule has 0 aliphatic carbocycles. The number of rotatable bonds is 5. The molecular formula is C49H29F2N3. The zero-order chi connectivity index (χ0) is 36.3. The number of hydrogen-bond acceptors (Lipinski definition) is 1. The van der Waals surface area contributed by atoms with Crippen molar-refractivity contribution in [2.75, 3.05) is 0 Å². The molecule has 0 N–H and O–H groups in total. The molecule has 8 aromatic carbocycles. The lowest BCUT2D eigenvalue weighted by molar-refractivity contribution is 0.589. The van der Waals surface area contributed by atoms with E-state index in [2.05, 4.69) is 100 Å². The molecule has 0 spiro atoms. The minimum Gasteiger partial charge on any atom is -0.307 e. The van der Waals surface area contributed by atoms with Gasteiger partial charge in [0.25, 0.3) is 0 Å². The summed E-state index contributed by atoms with van der Waals surface area (Å²) in [6.07, 6.45) is 0. The van der Waals surface area contributed by atoms with Gasteiger partial charge in [-0.05, 0) is 82.9 Å². The van der Waals surface area contributed by atoms with Crippen molar-refractivity contribution in [1.82, 2.24) is 9.13 Å². The van der Waals surface area contributed by atoms with E-state index in [1.54, 1.807) is 12.1 Å². The van der Waals surface area contributed by atoms with Crippen LogP contribution in [0.4, 0.5) is 8.78 Å². The molecule has 3 nitrogen and oxygen atoms in total. The van der Waals surface area contributed by atoms with Crippen LogP contribution in [0.15, 0.2) is 176 Å². The first-order valence-electron chi connectivity index (χ1n) is 17.8. The molecular weight excluding hydrogens is 669 g/mol. The maximum absolute atomic E-state index is 15.6. The van der Waals surface area contributed by atoms with Crippen molar-refractivity contribution in [3.8, 4) is 50.8 Å². The molecule has 10 aromatic rings. The van der Waals surface area contributed by atoms with Crippen LogP contribution in [0.1, 0.15) is 5.56 Å². The molecule has 0 aliphatic rings. The summed E-state index contributed by atoms with van der Waals surface area (Å²) in [4.78, 5) is 0. The van der Waals surface area contributed by atoms with Crippen LogP contribution in [-0.2, 0) is 0 Å². The Labute approximate surface area is 309 Å². The predicted molar refractivity (Wildman–Crippen MR) is 216 cm³/mol. The van der Waals surface area contributed by atoms with Crippen LogP contribution in [0.3, 0.4) is 0 Å². The molecule has 0 saturated carbocycles. The molecule has 0 bridgehead atoms. The summed E-state index contributed by atoms with van der Waals surface area (Å²) in [7, 11) is 0. The van der Waals surface area contributed by atoms with E-state index < -0.39 is 11.6 Å². The van der Waals surface area contributed by atoms with Crippen molar-refractivity contribution in [3.63, 3.8) is 0 Å². The highest BCUT2D eigenvalue weighted by atomic mass is 19.1. The summed E-state index contributed by atoms with van der Waals surface area (Å²) in [5, 5.41) is 14.8. The van der Waals surface area contributed by atoms with Crippen molar-refractivity contribution in [1.29, 1.82) is 5.26 Å². The van der Waals surface area contributed by atoms with Gasteiger partial charge in [0.1, 0.15) is 11.6 Å². The number of hydrogen-bond donors (Lipinski definition) is 0. The van der Waals surface area contributed by atoms with Crippen molar-refractivity contribution in [2.45, 2.75) is 0 Å². The summed E-state index contributed by atoms with van der Waals surface area (Å²) in [6, 6.07) is 59.5. The maximum Gasteiger partial charge on any atom is 0.134 e. The molecule has 2 heterocycles. The normalized spacial score (nSPS) is 11.5. The van der Waals surface area contributed by atoms with E-state index in [9.17, 15) is 5.26 Å². The van der Waals surface area contributed by atoms with Crippen LogP contribution >= 0.6 is 0 Å². The first-order chi connectivity index (χ1) is 26.6. The highest BCUT2D eigenvalue weighted by Gasteiger charge is 2.24. The molecule has 0 unspecified atom stereocenters. The van der Waals surface area contributed by atoms with Crippen LogP contribution in [-0.4, -0.2) is 9.13 Å². The molecule has 0 radical (unpaired) electrons. The summed E-state index contributed by atoms with van der Waals surface area (Å²) >= 11 is 0. The van der Waals surface area contributed by atoms with Gasteiger partial charge in [0, 0.05) is 27.1 Å². The third-order valence-corrected chi connectivity index (χ3v) is 10.5. The lowest BCUT2D eigenvalue weighted by Crippen LogP contribution is -2.06. The number of nitriles is 1. The number of para-hydroxylation sites is 2. The van der Waals surface area contributed by atoms with E-state index in [4.69, 9.17) is 0 Å².